The lowest BCUT2D eigenvalue weighted by Crippen LogP contribution is -2.42. The smallest absolute Gasteiger partial charge is 0.240 e. The number of amides is 2. The van der Waals surface area contributed by atoms with E-state index >= 15 is 0 Å². The Bertz CT molecular complexity index is 1560. The monoisotopic (exact) mass is 588 g/mol. The number of aryl methyl sites for hydroxylation is 1. The van der Waals surface area contributed by atoms with Crippen LogP contribution >= 0.6 is 23.4 Å². The van der Waals surface area contributed by atoms with E-state index in [-0.39, 0.29) is 29.4 Å². The molecule has 0 radical (unpaired) electrons. The topological polar surface area (TPSA) is 76.5 Å². The molecule has 1 aliphatic heterocycles. The molecular weight excluding hydrogens is 556 g/mol. The average molecular weight is 589 g/mol. The second-order valence-electron chi connectivity index (χ2n) is 9.97. The lowest BCUT2D eigenvalue weighted by molar-refractivity contribution is -0.122. The summed E-state index contributed by atoms with van der Waals surface area (Å²) in [5.41, 5.74) is 6.42. The van der Waals surface area contributed by atoms with Crippen molar-refractivity contribution in [1.82, 2.24) is 15.1 Å². The van der Waals surface area contributed by atoms with Crippen LogP contribution in [0.4, 0.5) is 5.82 Å². The molecule has 2 amide bonds. The summed E-state index contributed by atoms with van der Waals surface area (Å²) in [6.07, 6.45) is 0.685. The standard InChI is InChI=1S/C32H33ClN4O3S/c1-21-11-9-16-26(22(21)2)37-32-29(30(35-37)23-12-5-4-6-13-23)31(24-14-7-8-15-25(24)33)41-20-28(39)36(32)19-27(38)34-17-10-18-40-3/h4-9,11-16,31H,10,17-20H2,1-3H3,(H,34,38). The molecule has 4 aromatic rings. The number of carbonyl (C=O) groups excluding carboxylic acids is 2. The van der Waals surface area contributed by atoms with Crippen molar-refractivity contribution in [2.75, 3.05) is 37.5 Å². The van der Waals surface area contributed by atoms with Gasteiger partial charge in [0, 0.05) is 36.4 Å². The van der Waals surface area contributed by atoms with Crippen LogP contribution in [-0.4, -0.2) is 54.2 Å². The van der Waals surface area contributed by atoms with Crippen LogP contribution in [0.1, 0.15) is 33.9 Å². The Hall–Kier alpha value is -3.59. The minimum absolute atomic E-state index is 0.126. The molecule has 1 aliphatic rings. The van der Waals surface area contributed by atoms with Crippen molar-refractivity contribution < 1.29 is 14.3 Å². The fraction of sp³-hybridized carbons (Fsp3) is 0.281. The normalized spacial score (nSPS) is 15.0. The number of aromatic nitrogens is 2. The van der Waals surface area contributed by atoms with E-state index in [1.807, 2.05) is 78.3 Å². The van der Waals surface area contributed by atoms with Crippen molar-refractivity contribution in [3.63, 3.8) is 0 Å². The summed E-state index contributed by atoms with van der Waals surface area (Å²) < 4.78 is 6.95. The van der Waals surface area contributed by atoms with Gasteiger partial charge in [-0.15, -0.1) is 11.8 Å². The molecule has 3 aromatic carbocycles. The number of rotatable bonds is 9. The number of anilines is 1. The maximum atomic E-state index is 13.9. The molecule has 0 saturated heterocycles. The van der Waals surface area contributed by atoms with E-state index in [2.05, 4.69) is 18.3 Å². The van der Waals surface area contributed by atoms with Gasteiger partial charge in [0.15, 0.2) is 0 Å². The number of methoxy groups -OCH3 is 1. The van der Waals surface area contributed by atoms with Crippen LogP contribution in [0.3, 0.4) is 0 Å². The summed E-state index contributed by atoms with van der Waals surface area (Å²) in [7, 11) is 1.63. The van der Waals surface area contributed by atoms with Gasteiger partial charge in [0.2, 0.25) is 11.8 Å². The highest BCUT2D eigenvalue weighted by Crippen LogP contribution is 2.50. The Kier molecular flexibility index (Phi) is 9.12. The van der Waals surface area contributed by atoms with Gasteiger partial charge in [0.1, 0.15) is 12.4 Å². The van der Waals surface area contributed by atoms with Gasteiger partial charge in [0.05, 0.1) is 22.4 Å². The van der Waals surface area contributed by atoms with Gasteiger partial charge < -0.3 is 10.1 Å². The number of carbonyl (C=O) groups is 2. The zero-order valence-corrected chi connectivity index (χ0v) is 25.0. The lowest BCUT2D eigenvalue weighted by Gasteiger charge is -2.24. The predicted molar refractivity (Wildman–Crippen MR) is 166 cm³/mol. The van der Waals surface area contributed by atoms with Crippen LogP contribution in [0.2, 0.25) is 5.02 Å². The number of nitrogens with zero attached hydrogens (tertiary/aromatic N) is 3. The molecule has 2 heterocycles. The third-order valence-corrected chi connectivity index (χ3v) is 8.86. The highest BCUT2D eigenvalue weighted by atomic mass is 35.5. The highest BCUT2D eigenvalue weighted by Gasteiger charge is 2.38. The molecule has 7 nitrogen and oxygen atoms in total. The summed E-state index contributed by atoms with van der Waals surface area (Å²) in [5, 5.41) is 8.45. The molecule has 0 spiro atoms. The zero-order valence-electron chi connectivity index (χ0n) is 23.4. The van der Waals surface area contributed by atoms with Gasteiger partial charge >= 0.3 is 0 Å². The number of nitrogens with one attached hydrogen (secondary N) is 1. The minimum atomic E-state index is -0.286. The van der Waals surface area contributed by atoms with Gasteiger partial charge in [-0.25, -0.2) is 4.68 Å². The molecule has 5 rings (SSSR count). The molecule has 0 saturated carbocycles. The van der Waals surface area contributed by atoms with E-state index in [9.17, 15) is 9.59 Å². The third kappa shape index (κ3) is 6.05. The molecule has 1 aromatic heterocycles. The van der Waals surface area contributed by atoms with Crippen LogP contribution in [0, 0.1) is 13.8 Å². The van der Waals surface area contributed by atoms with Crippen LogP contribution in [-0.2, 0) is 14.3 Å². The molecule has 9 heteroatoms. The van der Waals surface area contributed by atoms with Crippen LogP contribution < -0.4 is 10.2 Å². The third-order valence-electron chi connectivity index (χ3n) is 7.28. The van der Waals surface area contributed by atoms with E-state index in [4.69, 9.17) is 21.4 Å². The second kappa shape index (κ2) is 12.9. The van der Waals surface area contributed by atoms with E-state index in [1.54, 1.807) is 12.0 Å². The summed E-state index contributed by atoms with van der Waals surface area (Å²) in [4.78, 5) is 28.6. The lowest BCUT2D eigenvalue weighted by atomic mass is 9.99. The molecule has 1 atom stereocenters. The van der Waals surface area contributed by atoms with Crippen LogP contribution in [0.15, 0.2) is 72.8 Å². The van der Waals surface area contributed by atoms with E-state index in [1.165, 1.54) is 11.8 Å². The summed E-state index contributed by atoms with van der Waals surface area (Å²) in [5.74, 6) is 0.368. The molecule has 0 fully saturated rings. The quantitative estimate of drug-likeness (QED) is 0.238. The summed E-state index contributed by atoms with van der Waals surface area (Å²) in [6.45, 7) is 4.98. The van der Waals surface area contributed by atoms with Crippen molar-refractivity contribution >= 4 is 41.0 Å². The molecule has 212 valence electrons. The van der Waals surface area contributed by atoms with E-state index in [0.29, 0.717) is 30.4 Å². The Labute approximate surface area is 249 Å². The van der Waals surface area contributed by atoms with Crippen molar-refractivity contribution in [1.29, 1.82) is 0 Å². The minimum Gasteiger partial charge on any atom is -0.385 e. The van der Waals surface area contributed by atoms with Crippen LogP contribution in [0.5, 0.6) is 0 Å². The first-order valence-electron chi connectivity index (χ1n) is 13.6. The van der Waals surface area contributed by atoms with Crippen molar-refractivity contribution in [2.24, 2.45) is 0 Å². The maximum Gasteiger partial charge on any atom is 0.240 e. The number of hydrogen-bond acceptors (Lipinski definition) is 5. The Morgan fingerprint density at radius 3 is 2.59 bits per heavy atom. The first-order valence-corrected chi connectivity index (χ1v) is 15.0. The molecule has 1 unspecified atom stereocenters. The maximum absolute atomic E-state index is 13.9. The molecule has 0 bridgehead atoms. The van der Waals surface area contributed by atoms with Gasteiger partial charge in [-0.2, -0.15) is 5.10 Å². The largest absolute Gasteiger partial charge is 0.385 e. The highest BCUT2D eigenvalue weighted by molar-refractivity contribution is 8.00. The number of fused-ring (bicyclic) bond motifs is 1. The number of halogens is 1. The molecule has 41 heavy (non-hydrogen) atoms. The summed E-state index contributed by atoms with van der Waals surface area (Å²) >= 11 is 8.28. The average Bonchev–Trinajstić information content (AvgIpc) is 3.30. The van der Waals surface area contributed by atoms with Gasteiger partial charge in [-0.1, -0.05) is 72.3 Å². The SMILES string of the molecule is COCCCNC(=O)CN1C(=O)CSC(c2ccccc2Cl)c2c(-c3ccccc3)nn(-c3cccc(C)c3C)c21. The van der Waals surface area contributed by atoms with E-state index in [0.717, 1.165) is 39.2 Å². The fourth-order valence-electron chi connectivity index (χ4n) is 5.04. The molecular formula is C32H33ClN4O3S. The Morgan fingerprint density at radius 2 is 1.83 bits per heavy atom. The first kappa shape index (κ1) is 28.9. The van der Waals surface area contributed by atoms with Gasteiger partial charge in [-0.3, -0.25) is 14.5 Å². The van der Waals surface area contributed by atoms with Crippen LogP contribution in [0.25, 0.3) is 16.9 Å². The zero-order chi connectivity index (χ0) is 28.9. The Balaban J connectivity index is 1.75. The second-order valence-corrected chi connectivity index (χ2v) is 11.5. The van der Waals surface area contributed by atoms with Crippen molar-refractivity contribution in [2.45, 2.75) is 25.5 Å². The molecule has 1 N–H and O–H groups in total. The predicted octanol–water partition coefficient (Wildman–Crippen LogP) is 6.13. The van der Waals surface area contributed by atoms with Gasteiger partial charge in [-0.05, 0) is 49.1 Å². The number of benzene rings is 3. The first-order chi connectivity index (χ1) is 19.9. The number of ether oxygens (including phenoxy) is 1. The number of hydrogen-bond donors (Lipinski definition) is 1. The van der Waals surface area contributed by atoms with Crippen molar-refractivity contribution in [3.05, 3.63) is 100 Å². The molecule has 0 aliphatic carbocycles. The summed E-state index contributed by atoms with van der Waals surface area (Å²) in [6, 6.07) is 23.7. The number of thioether (sulfide) groups is 1. The Morgan fingerprint density at radius 1 is 1.07 bits per heavy atom. The fourth-order valence-corrected chi connectivity index (χ4v) is 6.58. The van der Waals surface area contributed by atoms with Crippen molar-refractivity contribution in [3.8, 4) is 16.9 Å². The van der Waals surface area contributed by atoms with Gasteiger partial charge in [0.25, 0.3) is 0 Å². The van der Waals surface area contributed by atoms with E-state index < -0.39 is 0 Å².